The highest BCUT2D eigenvalue weighted by Gasteiger charge is 2.39. The topological polar surface area (TPSA) is 63.6 Å². The van der Waals surface area contributed by atoms with E-state index in [1.165, 1.54) is 12.8 Å². The molecule has 2 aromatic heterocycles. The van der Waals surface area contributed by atoms with Gasteiger partial charge in [0.1, 0.15) is 5.65 Å². The van der Waals surface area contributed by atoms with Crippen molar-refractivity contribution in [2.45, 2.75) is 50.4 Å². The lowest BCUT2D eigenvalue weighted by atomic mass is 9.98. The van der Waals surface area contributed by atoms with Gasteiger partial charge in [0.2, 0.25) is 0 Å². The third-order valence-electron chi connectivity index (χ3n) is 4.89. The van der Waals surface area contributed by atoms with Crippen LogP contribution < -0.4 is 11.3 Å². The molecule has 2 aliphatic rings. The first-order valence-electron chi connectivity index (χ1n) is 7.69. The van der Waals surface area contributed by atoms with E-state index >= 15 is 0 Å². The van der Waals surface area contributed by atoms with Crippen LogP contribution in [0.15, 0.2) is 35.3 Å². The molecule has 21 heavy (non-hydrogen) atoms. The number of piperidine rings is 1. The fourth-order valence-electron chi connectivity index (χ4n) is 3.95. The summed E-state index contributed by atoms with van der Waals surface area (Å²) in [7, 11) is 0. The average Bonchev–Trinajstić information content (AvgIpc) is 2.70. The van der Waals surface area contributed by atoms with E-state index in [1.807, 2.05) is 18.2 Å². The Morgan fingerprint density at radius 1 is 1.24 bits per heavy atom. The van der Waals surface area contributed by atoms with Gasteiger partial charge in [0.25, 0.3) is 5.56 Å². The zero-order chi connectivity index (χ0) is 14.4. The van der Waals surface area contributed by atoms with Gasteiger partial charge >= 0.3 is 0 Å². The summed E-state index contributed by atoms with van der Waals surface area (Å²) in [5, 5.41) is 0. The Morgan fingerprint density at radius 3 is 2.76 bits per heavy atom. The summed E-state index contributed by atoms with van der Waals surface area (Å²) in [5.74, 6) is 0. The highest BCUT2D eigenvalue weighted by Crippen LogP contribution is 2.35. The number of aromatic nitrogens is 2. The Hall–Kier alpha value is -1.72. The monoisotopic (exact) mass is 284 g/mol. The van der Waals surface area contributed by atoms with Crippen LogP contribution in [0.25, 0.3) is 5.65 Å². The van der Waals surface area contributed by atoms with Crippen molar-refractivity contribution in [3.05, 3.63) is 46.5 Å². The van der Waals surface area contributed by atoms with E-state index in [9.17, 15) is 4.79 Å². The van der Waals surface area contributed by atoms with Crippen LogP contribution in [-0.4, -0.2) is 32.4 Å². The zero-order valence-corrected chi connectivity index (χ0v) is 12.0. The molecule has 4 rings (SSSR count). The van der Waals surface area contributed by atoms with Gasteiger partial charge in [0.15, 0.2) is 0 Å². The predicted molar refractivity (Wildman–Crippen MR) is 81.0 cm³/mol. The fraction of sp³-hybridized carbons (Fsp3) is 0.500. The summed E-state index contributed by atoms with van der Waals surface area (Å²) >= 11 is 0. The Kier molecular flexibility index (Phi) is 3.05. The van der Waals surface area contributed by atoms with Crippen LogP contribution in [0.1, 0.15) is 31.4 Å². The van der Waals surface area contributed by atoms with Crippen LogP contribution in [0.4, 0.5) is 0 Å². The number of hydrogen-bond donors (Lipinski definition) is 1. The molecule has 0 aliphatic carbocycles. The van der Waals surface area contributed by atoms with Crippen molar-refractivity contribution >= 4 is 5.65 Å². The summed E-state index contributed by atoms with van der Waals surface area (Å²) in [5.41, 5.74) is 7.71. The van der Waals surface area contributed by atoms with Gasteiger partial charge in [-0.2, -0.15) is 0 Å². The molecule has 5 nitrogen and oxygen atoms in total. The van der Waals surface area contributed by atoms with Gasteiger partial charge in [-0.1, -0.05) is 6.07 Å². The summed E-state index contributed by atoms with van der Waals surface area (Å²) in [6, 6.07) is 8.78. The Balaban J connectivity index is 1.65. The maximum absolute atomic E-state index is 12.2. The minimum Gasteiger partial charge on any atom is -0.328 e. The van der Waals surface area contributed by atoms with E-state index in [0.717, 1.165) is 30.7 Å². The van der Waals surface area contributed by atoms with Crippen molar-refractivity contribution in [3.8, 4) is 0 Å². The van der Waals surface area contributed by atoms with Crippen molar-refractivity contribution in [2.75, 3.05) is 0 Å². The van der Waals surface area contributed by atoms with Crippen LogP contribution in [0.5, 0.6) is 0 Å². The molecule has 2 saturated heterocycles. The molecule has 0 aromatic carbocycles. The van der Waals surface area contributed by atoms with Crippen LogP contribution in [0, 0.1) is 0 Å². The van der Waals surface area contributed by atoms with Gasteiger partial charge < -0.3 is 5.73 Å². The molecular formula is C16H20N4O. The maximum atomic E-state index is 12.2. The van der Waals surface area contributed by atoms with Crippen molar-refractivity contribution < 1.29 is 0 Å². The van der Waals surface area contributed by atoms with Gasteiger partial charge in [0, 0.05) is 36.9 Å². The lowest BCUT2D eigenvalue weighted by molar-refractivity contribution is 0.118. The van der Waals surface area contributed by atoms with E-state index in [1.54, 1.807) is 16.7 Å². The maximum Gasteiger partial charge on any atom is 0.258 e. The van der Waals surface area contributed by atoms with Gasteiger partial charge in [-0.25, -0.2) is 4.98 Å². The summed E-state index contributed by atoms with van der Waals surface area (Å²) in [4.78, 5) is 19.3. The third kappa shape index (κ3) is 2.26. The molecule has 110 valence electrons. The second-order valence-electron chi connectivity index (χ2n) is 6.30. The summed E-state index contributed by atoms with van der Waals surface area (Å²) < 4.78 is 1.59. The van der Waals surface area contributed by atoms with Gasteiger partial charge in [0.05, 0.1) is 5.69 Å². The van der Waals surface area contributed by atoms with Gasteiger partial charge in [-0.05, 0) is 37.8 Å². The zero-order valence-electron chi connectivity index (χ0n) is 12.0. The lowest BCUT2D eigenvalue weighted by Crippen LogP contribution is -2.47. The molecule has 0 radical (unpaired) electrons. The largest absolute Gasteiger partial charge is 0.328 e. The van der Waals surface area contributed by atoms with Crippen LogP contribution in [0.3, 0.4) is 0 Å². The minimum absolute atomic E-state index is 0.00309. The first kappa shape index (κ1) is 13.0. The van der Waals surface area contributed by atoms with Crippen LogP contribution in [-0.2, 0) is 6.54 Å². The van der Waals surface area contributed by atoms with E-state index in [0.29, 0.717) is 18.1 Å². The quantitative estimate of drug-likeness (QED) is 0.898. The van der Waals surface area contributed by atoms with Crippen molar-refractivity contribution in [2.24, 2.45) is 5.73 Å². The van der Waals surface area contributed by atoms with Crippen molar-refractivity contribution in [1.29, 1.82) is 0 Å². The Labute approximate surface area is 123 Å². The van der Waals surface area contributed by atoms with Crippen LogP contribution >= 0.6 is 0 Å². The molecular weight excluding hydrogens is 264 g/mol. The van der Waals surface area contributed by atoms with Crippen LogP contribution in [0.2, 0.25) is 0 Å². The number of pyridine rings is 1. The van der Waals surface area contributed by atoms with E-state index in [2.05, 4.69) is 9.88 Å². The number of rotatable bonds is 2. The number of hydrogen-bond acceptors (Lipinski definition) is 4. The Morgan fingerprint density at radius 2 is 2.00 bits per heavy atom. The third-order valence-corrected chi connectivity index (χ3v) is 4.89. The molecule has 2 bridgehead atoms. The highest BCUT2D eigenvalue weighted by atomic mass is 16.1. The van der Waals surface area contributed by atoms with Crippen molar-refractivity contribution in [1.82, 2.24) is 14.3 Å². The second kappa shape index (κ2) is 4.93. The molecule has 0 saturated carbocycles. The minimum atomic E-state index is -0.00309. The summed E-state index contributed by atoms with van der Waals surface area (Å²) in [6.45, 7) is 0.767. The van der Waals surface area contributed by atoms with Gasteiger partial charge in [-0.3, -0.25) is 14.1 Å². The Bertz CT molecular complexity index is 712. The standard InChI is InChI=1S/C16H20N4O/c17-11-7-13-4-5-14(8-11)20(13)10-12-9-16(21)19-6-2-1-3-15(19)18-12/h1-3,6,9,11,13-14H,4-5,7-8,10,17H2. The molecule has 5 heteroatoms. The van der Waals surface area contributed by atoms with Crippen molar-refractivity contribution in [3.63, 3.8) is 0 Å². The first-order chi connectivity index (χ1) is 10.2. The lowest BCUT2D eigenvalue weighted by Gasteiger charge is -2.37. The molecule has 2 unspecified atom stereocenters. The van der Waals surface area contributed by atoms with Gasteiger partial charge in [-0.15, -0.1) is 0 Å². The normalized spacial score (nSPS) is 29.1. The number of nitrogens with zero attached hydrogens (tertiary/aromatic N) is 3. The summed E-state index contributed by atoms with van der Waals surface area (Å²) in [6.07, 6.45) is 6.36. The fourth-order valence-corrected chi connectivity index (χ4v) is 3.95. The van der Waals surface area contributed by atoms with E-state index in [-0.39, 0.29) is 5.56 Å². The number of nitrogens with two attached hydrogens (primary N) is 1. The molecule has 2 fully saturated rings. The average molecular weight is 284 g/mol. The van der Waals surface area contributed by atoms with E-state index < -0.39 is 0 Å². The smallest absolute Gasteiger partial charge is 0.258 e. The highest BCUT2D eigenvalue weighted by molar-refractivity contribution is 5.38. The molecule has 0 spiro atoms. The molecule has 2 N–H and O–H groups in total. The molecule has 0 amide bonds. The second-order valence-corrected chi connectivity index (χ2v) is 6.30. The molecule has 2 atom stereocenters. The molecule has 2 aromatic rings. The first-order valence-corrected chi connectivity index (χ1v) is 7.69. The number of fused-ring (bicyclic) bond motifs is 3. The predicted octanol–water partition coefficient (Wildman–Crippen LogP) is 1.15. The molecule has 4 heterocycles. The SMILES string of the molecule is NC1CC2CCC(C1)N2Cc1cc(=O)n2ccccc2n1. The van der Waals surface area contributed by atoms with E-state index in [4.69, 9.17) is 5.73 Å². The molecule has 2 aliphatic heterocycles.